The van der Waals surface area contributed by atoms with E-state index in [1.165, 1.54) is 78.6 Å². The van der Waals surface area contributed by atoms with Crippen LogP contribution in [-0.2, 0) is 56.0 Å². The lowest BCUT2D eigenvalue weighted by Gasteiger charge is -2.31. The molecule has 26 heteroatoms. The molecule has 0 spiro atoms. The smallest absolute Gasteiger partial charge is 0.247 e. The Labute approximate surface area is 468 Å². The van der Waals surface area contributed by atoms with Crippen LogP contribution in [0.2, 0.25) is 0 Å². The fraction of sp³-hybridized carbons (Fsp3) is 0.519. The summed E-state index contributed by atoms with van der Waals surface area (Å²) < 4.78 is 13.3. The summed E-state index contributed by atoms with van der Waals surface area (Å²) in [5, 5.41) is 43.8. The van der Waals surface area contributed by atoms with Gasteiger partial charge in [0.15, 0.2) is 5.96 Å². The van der Waals surface area contributed by atoms with Crippen LogP contribution in [0.25, 0.3) is 0 Å². The third-order valence-corrected chi connectivity index (χ3v) is 13.8. The summed E-state index contributed by atoms with van der Waals surface area (Å²) in [6.07, 6.45) is 1.87. The number of carbonyl (C=O) groups is 9. The molecule has 0 radical (unpaired) electrons. The first-order chi connectivity index (χ1) is 38.1. The van der Waals surface area contributed by atoms with Gasteiger partial charge in [-0.05, 0) is 137 Å². The van der Waals surface area contributed by atoms with Crippen molar-refractivity contribution < 1.29 is 57.8 Å². The number of benzene rings is 2. The second-order valence-electron chi connectivity index (χ2n) is 20.0. The van der Waals surface area contributed by atoms with Crippen molar-refractivity contribution in [2.45, 2.75) is 147 Å². The normalized spacial score (nSPS) is 15.6. The molecule has 2 aromatic carbocycles. The van der Waals surface area contributed by atoms with Crippen molar-refractivity contribution in [3.8, 4) is 5.75 Å². The Morgan fingerprint density at radius 1 is 0.700 bits per heavy atom. The van der Waals surface area contributed by atoms with E-state index < -0.39 is 114 Å². The molecule has 438 valence electrons. The lowest BCUT2D eigenvalue weighted by Crippen LogP contribution is -2.60. The molecule has 0 bridgehead atoms. The minimum Gasteiger partial charge on any atom is -0.508 e. The van der Waals surface area contributed by atoms with Crippen LogP contribution in [-0.4, -0.2) is 149 Å². The fourth-order valence-electron chi connectivity index (χ4n) is 8.63. The Morgan fingerprint density at radius 2 is 1.29 bits per heavy atom. The number of phenols is 1. The van der Waals surface area contributed by atoms with Gasteiger partial charge in [0, 0.05) is 25.9 Å². The molecule has 0 aliphatic carbocycles. The maximum absolute atomic E-state index is 14.5. The van der Waals surface area contributed by atoms with Crippen LogP contribution in [0.3, 0.4) is 0 Å². The van der Waals surface area contributed by atoms with Crippen molar-refractivity contribution in [1.82, 2.24) is 42.1 Å². The van der Waals surface area contributed by atoms with E-state index in [2.05, 4.69) is 47.5 Å². The summed E-state index contributed by atoms with van der Waals surface area (Å²) in [6, 6.07) is 4.79. The van der Waals surface area contributed by atoms with E-state index in [0.29, 0.717) is 35.4 Å². The number of aryl methyl sites for hydroxylation is 1. The number of aliphatic hydroxyl groups excluding tert-OH is 1. The molecule has 3 aromatic rings. The molecule has 16 N–H and O–H groups in total. The summed E-state index contributed by atoms with van der Waals surface area (Å²) in [5.74, 6) is -7.24. The van der Waals surface area contributed by atoms with E-state index in [4.69, 9.17) is 17.2 Å². The predicted octanol–water partition coefficient (Wildman–Crippen LogP) is 0.0522. The number of amides is 9. The van der Waals surface area contributed by atoms with Crippen molar-refractivity contribution in [2.75, 3.05) is 31.6 Å². The molecule has 80 heavy (non-hydrogen) atoms. The highest BCUT2D eigenvalue weighted by atomic mass is 32.1. The van der Waals surface area contributed by atoms with E-state index in [0.717, 1.165) is 0 Å². The number of hydrogen-bond donors (Lipinski definition) is 13. The Morgan fingerprint density at radius 3 is 1.93 bits per heavy atom. The lowest BCUT2D eigenvalue weighted by atomic mass is 10.00. The molecule has 0 saturated carbocycles. The number of nitrogens with one attached hydrogen (secondary N) is 8. The van der Waals surface area contributed by atoms with Crippen LogP contribution in [0.1, 0.15) is 96.6 Å². The number of rotatable bonds is 32. The van der Waals surface area contributed by atoms with Crippen LogP contribution in [0, 0.1) is 11.7 Å². The quantitative estimate of drug-likeness (QED) is 0.0223. The summed E-state index contributed by atoms with van der Waals surface area (Å²) in [7, 11) is 0. The predicted molar refractivity (Wildman–Crippen MR) is 298 cm³/mol. The summed E-state index contributed by atoms with van der Waals surface area (Å²) in [6.45, 7) is 6.11. The molecule has 4 rings (SSSR count). The Kier molecular flexibility index (Phi) is 26.7. The van der Waals surface area contributed by atoms with E-state index in [-0.39, 0.29) is 88.6 Å². The highest BCUT2D eigenvalue weighted by Gasteiger charge is 2.40. The Bertz CT molecular complexity index is 2570. The van der Waals surface area contributed by atoms with Gasteiger partial charge in [-0.3, -0.25) is 48.1 Å². The number of aromatic hydroxyl groups is 1. The number of thiophene rings is 1. The standard InChI is InChI=1S/C54H78FN13O11S/c1-31(2)28-40(49(75)63-39(11-7-25-59-54(57)58)53(79)68-26-8-12-43(68)52(78)61-33(4)47(73)67-45-13-9-27-80-45)64-48(74)38(10-5-6-24-56)62-50(76)41(29-35-16-21-37(70)22-17-35)65-51(77)42(30-69)66-46(72)32(3)60-44(71)23-18-34-14-19-36(55)20-15-34/h9,13-17,19-22,27,31-33,38-43,69-70H,5-8,10-12,18,23-26,28-30,56H2,1-4H3,(H,60,71)(H,61,78)(H,62,76)(H,63,75)(H,64,74)(H,65,77)(H,66,72)(H,67,73)(H4,57,58,59)/t32-,33+,38+,39-,40-,41-,42-,43-/m0/s1. The minimum atomic E-state index is -1.62. The number of carbonyl (C=O) groups excluding carboxylic acids is 9. The van der Waals surface area contributed by atoms with Gasteiger partial charge in [-0.1, -0.05) is 38.1 Å². The number of halogens is 1. The van der Waals surface area contributed by atoms with Gasteiger partial charge in [-0.15, -0.1) is 11.3 Å². The molecule has 9 amide bonds. The molecule has 1 saturated heterocycles. The monoisotopic (exact) mass is 1140 g/mol. The molecule has 1 aliphatic heterocycles. The molecule has 1 aromatic heterocycles. The topological polar surface area (TPSA) is 384 Å². The van der Waals surface area contributed by atoms with Gasteiger partial charge in [-0.2, -0.15) is 0 Å². The highest BCUT2D eigenvalue weighted by molar-refractivity contribution is 7.14. The fourth-order valence-corrected chi connectivity index (χ4v) is 9.25. The zero-order valence-corrected chi connectivity index (χ0v) is 46.5. The summed E-state index contributed by atoms with van der Waals surface area (Å²) in [4.78, 5) is 129. The zero-order valence-electron chi connectivity index (χ0n) is 45.6. The zero-order chi connectivity index (χ0) is 58.9. The number of aliphatic hydroxyl groups is 1. The molecular formula is C54H78FN13O11S. The van der Waals surface area contributed by atoms with E-state index in [1.807, 2.05) is 13.8 Å². The van der Waals surface area contributed by atoms with Crippen LogP contribution >= 0.6 is 11.3 Å². The van der Waals surface area contributed by atoms with Crippen LogP contribution in [0.5, 0.6) is 5.75 Å². The number of unbranched alkanes of at least 4 members (excludes halogenated alkanes) is 1. The third-order valence-electron chi connectivity index (χ3n) is 13.0. The molecule has 8 atom stereocenters. The van der Waals surface area contributed by atoms with Gasteiger partial charge in [0.25, 0.3) is 0 Å². The molecule has 1 fully saturated rings. The van der Waals surface area contributed by atoms with Crippen LogP contribution in [0.4, 0.5) is 9.39 Å². The number of hydrogen-bond acceptors (Lipinski definition) is 14. The largest absolute Gasteiger partial charge is 0.508 e. The highest BCUT2D eigenvalue weighted by Crippen LogP contribution is 2.22. The first-order valence-corrected chi connectivity index (χ1v) is 27.6. The minimum absolute atomic E-state index is 0.0200. The molecular weight excluding hydrogens is 1060 g/mol. The van der Waals surface area contributed by atoms with Gasteiger partial charge in [-0.25, -0.2) is 4.39 Å². The molecule has 1 aliphatic rings. The van der Waals surface area contributed by atoms with Gasteiger partial charge in [0.05, 0.1) is 11.6 Å². The van der Waals surface area contributed by atoms with Gasteiger partial charge < -0.3 is 74.8 Å². The number of nitrogens with zero attached hydrogens (tertiary/aromatic N) is 2. The average molecular weight is 1140 g/mol. The number of anilines is 1. The van der Waals surface area contributed by atoms with E-state index in [9.17, 15) is 57.8 Å². The maximum Gasteiger partial charge on any atom is 0.247 e. The van der Waals surface area contributed by atoms with Crippen molar-refractivity contribution in [2.24, 2.45) is 28.1 Å². The number of likely N-dealkylation sites (tertiary alicyclic amines) is 1. The van der Waals surface area contributed by atoms with Crippen molar-refractivity contribution in [3.63, 3.8) is 0 Å². The van der Waals surface area contributed by atoms with Gasteiger partial charge in [0.2, 0.25) is 53.2 Å². The van der Waals surface area contributed by atoms with E-state index >= 15 is 0 Å². The van der Waals surface area contributed by atoms with Gasteiger partial charge in [0.1, 0.15) is 59.9 Å². The van der Waals surface area contributed by atoms with Gasteiger partial charge >= 0.3 is 0 Å². The molecule has 2 heterocycles. The number of aliphatic imine (C=N–C) groups is 1. The second kappa shape index (κ2) is 33.0. The summed E-state index contributed by atoms with van der Waals surface area (Å²) in [5.41, 5.74) is 18.1. The number of nitrogens with two attached hydrogens (primary N) is 3. The maximum atomic E-state index is 14.5. The average Bonchev–Trinajstić information content (AvgIpc) is 4.17. The molecule has 0 unspecified atom stereocenters. The lowest BCUT2D eigenvalue weighted by molar-refractivity contribution is -0.142. The Hall–Kier alpha value is -7.71. The van der Waals surface area contributed by atoms with E-state index in [1.54, 1.807) is 17.5 Å². The SMILES string of the molecule is CC(C)C[C@H](NC(=O)[C@@H](CCCCN)NC(=O)[C@H](Cc1ccc(O)cc1)NC(=O)[C@H](CO)NC(=O)[C@H](C)NC(=O)CCc1ccc(F)cc1)C(=O)N[C@@H](CCCN=C(N)N)C(=O)N1CCC[C@H]1C(=O)N[C@H](C)C(=O)Nc1cccs1. The second-order valence-corrected chi connectivity index (χ2v) is 21.0. The van der Waals surface area contributed by atoms with Crippen molar-refractivity contribution >= 4 is 75.5 Å². The first kappa shape index (κ1) is 64.8. The summed E-state index contributed by atoms with van der Waals surface area (Å²) >= 11 is 1.31. The third kappa shape index (κ3) is 21.8. The van der Waals surface area contributed by atoms with Crippen LogP contribution in [0.15, 0.2) is 71.0 Å². The van der Waals surface area contributed by atoms with Crippen LogP contribution < -0.4 is 59.7 Å². The first-order valence-electron chi connectivity index (χ1n) is 26.7. The number of phenolic OH excluding ortho intramolecular Hbond substituents is 1. The number of guanidine groups is 1. The Balaban J connectivity index is 1.51. The van der Waals surface area contributed by atoms with Crippen molar-refractivity contribution in [3.05, 3.63) is 83.0 Å². The van der Waals surface area contributed by atoms with Crippen molar-refractivity contribution in [1.29, 1.82) is 0 Å². The molecule has 24 nitrogen and oxygen atoms in total.